The zero-order valence-electron chi connectivity index (χ0n) is 21.0. The van der Waals surface area contributed by atoms with Gasteiger partial charge in [0.2, 0.25) is 11.8 Å². The van der Waals surface area contributed by atoms with Gasteiger partial charge in [-0.25, -0.2) is 4.98 Å². The van der Waals surface area contributed by atoms with Crippen LogP contribution in [0, 0.1) is 25.2 Å². The van der Waals surface area contributed by atoms with Crippen molar-refractivity contribution in [3.8, 4) is 29.2 Å². The molecule has 2 heterocycles. The van der Waals surface area contributed by atoms with E-state index in [1.165, 1.54) is 5.56 Å². The Bertz CT molecular complexity index is 1220. The monoisotopic (exact) mass is 551 g/mol. The molecule has 0 unspecified atom stereocenters. The molecule has 188 valence electrons. The summed E-state index contributed by atoms with van der Waals surface area (Å²) in [5.74, 6) is 3.28. The van der Waals surface area contributed by atoms with Crippen molar-refractivity contribution in [2.24, 2.45) is 0 Å². The Balaban J connectivity index is 1.37. The maximum Gasteiger partial charge on any atom is 0.238 e. The van der Waals surface area contributed by atoms with Crippen LogP contribution in [0.25, 0.3) is 0 Å². The highest BCUT2D eigenvalue weighted by atomic mass is 79.9. The van der Waals surface area contributed by atoms with Gasteiger partial charge in [0, 0.05) is 31.7 Å². The Kier molecular flexibility index (Phi) is 8.28. The molecule has 0 spiro atoms. The van der Waals surface area contributed by atoms with Gasteiger partial charge in [0.05, 0.1) is 36.5 Å². The predicted octanol–water partition coefficient (Wildman–Crippen LogP) is 5.61. The number of ether oxygens (including phenoxy) is 3. The molecule has 0 atom stereocenters. The minimum Gasteiger partial charge on any atom is -0.497 e. The molecule has 4 rings (SSSR count). The largest absolute Gasteiger partial charge is 0.497 e. The summed E-state index contributed by atoms with van der Waals surface area (Å²) in [6.07, 6.45) is 3.65. The Morgan fingerprint density at radius 3 is 2.28 bits per heavy atom. The molecule has 8 nitrogen and oxygen atoms in total. The zero-order chi connectivity index (χ0) is 25.7. The Labute approximate surface area is 220 Å². The summed E-state index contributed by atoms with van der Waals surface area (Å²) in [4.78, 5) is 11.5. The molecule has 1 N–H and O–H groups in total. The average molecular weight is 552 g/mol. The summed E-state index contributed by atoms with van der Waals surface area (Å²) >= 11 is 3.50. The summed E-state index contributed by atoms with van der Waals surface area (Å²) < 4.78 is 17.6. The number of rotatable bonds is 8. The molecule has 0 radical (unpaired) electrons. The number of aromatic nitrogens is 2. The van der Waals surface area contributed by atoms with Gasteiger partial charge in [-0.3, -0.25) is 4.90 Å². The topological polar surface area (TPSA) is 92.5 Å². The third-order valence-electron chi connectivity index (χ3n) is 6.24. The highest BCUT2D eigenvalue weighted by Gasteiger charge is 2.21. The molecule has 0 amide bonds. The second-order valence-electron chi connectivity index (χ2n) is 8.92. The van der Waals surface area contributed by atoms with E-state index < -0.39 is 0 Å². The second kappa shape index (κ2) is 11.6. The molecular formula is C27H30BrN5O3. The lowest BCUT2D eigenvalue weighted by molar-refractivity contribution is 0.210. The van der Waals surface area contributed by atoms with Crippen LogP contribution in [0.4, 0.5) is 5.95 Å². The number of methoxy groups -OCH3 is 2. The number of benzene rings is 2. The van der Waals surface area contributed by atoms with Gasteiger partial charge in [-0.1, -0.05) is 0 Å². The Morgan fingerprint density at radius 1 is 1.06 bits per heavy atom. The fourth-order valence-electron chi connectivity index (χ4n) is 4.40. The second-order valence-corrected chi connectivity index (χ2v) is 9.77. The first-order valence-electron chi connectivity index (χ1n) is 11.8. The molecule has 0 saturated carbocycles. The van der Waals surface area contributed by atoms with E-state index in [1.54, 1.807) is 20.4 Å². The van der Waals surface area contributed by atoms with Crippen LogP contribution in [0.1, 0.15) is 35.1 Å². The van der Waals surface area contributed by atoms with E-state index in [0.29, 0.717) is 27.6 Å². The maximum absolute atomic E-state index is 9.20. The van der Waals surface area contributed by atoms with E-state index in [1.807, 2.05) is 32.0 Å². The molecule has 2 aromatic carbocycles. The van der Waals surface area contributed by atoms with Gasteiger partial charge in [0.1, 0.15) is 17.2 Å². The van der Waals surface area contributed by atoms with Gasteiger partial charge in [-0.15, -0.1) is 0 Å². The quantitative estimate of drug-likeness (QED) is 0.386. The van der Waals surface area contributed by atoms with Crippen molar-refractivity contribution in [1.82, 2.24) is 14.9 Å². The van der Waals surface area contributed by atoms with E-state index in [4.69, 9.17) is 14.2 Å². The van der Waals surface area contributed by atoms with Gasteiger partial charge < -0.3 is 19.5 Å². The van der Waals surface area contributed by atoms with Gasteiger partial charge in [0.15, 0.2) is 0 Å². The van der Waals surface area contributed by atoms with E-state index in [9.17, 15) is 5.26 Å². The van der Waals surface area contributed by atoms with Crippen molar-refractivity contribution in [3.05, 3.63) is 63.3 Å². The summed E-state index contributed by atoms with van der Waals surface area (Å²) in [6, 6.07) is 12.1. The molecule has 1 aliphatic rings. The summed E-state index contributed by atoms with van der Waals surface area (Å²) in [5, 5.41) is 12.7. The van der Waals surface area contributed by atoms with Crippen LogP contribution in [0.3, 0.4) is 0 Å². The number of hydrogen-bond acceptors (Lipinski definition) is 8. The molecule has 0 bridgehead atoms. The van der Waals surface area contributed by atoms with E-state index >= 15 is 0 Å². The van der Waals surface area contributed by atoms with Crippen molar-refractivity contribution in [2.45, 2.75) is 39.3 Å². The highest BCUT2D eigenvalue weighted by molar-refractivity contribution is 9.10. The van der Waals surface area contributed by atoms with Crippen LogP contribution in [-0.4, -0.2) is 48.2 Å². The van der Waals surface area contributed by atoms with Gasteiger partial charge in [-0.05, 0) is 83.6 Å². The fourth-order valence-corrected chi connectivity index (χ4v) is 4.67. The minimum atomic E-state index is 0.272. The van der Waals surface area contributed by atoms with Crippen molar-refractivity contribution < 1.29 is 14.2 Å². The van der Waals surface area contributed by atoms with Crippen LogP contribution in [0.2, 0.25) is 0 Å². The van der Waals surface area contributed by atoms with E-state index in [-0.39, 0.29) is 6.04 Å². The molecule has 3 aromatic rings. The first kappa shape index (κ1) is 25.7. The summed E-state index contributed by atoms with van der Waals surface area (Å²) in [7, 11) is 3.34. The number of anilines is 1. The Morgan fingerprint density at radius 2 is 1.69 bits per heavy atom. The van der Waals surface area contributed by atoms with Crippen molar-refractivity contribution in [3.63, 3.8) is 0 Å². The molecule has 1 aliphatic heterocycles. The maximum atomic E-state index is 9.20. The van der Waals surface area contributed by atoms with Crippen LogP contribution in [0.5, 0.6) is 23.1 Å². The molecule has 36 heavy (non-hydrogen) atoms. The van der Waals surface area contributed by atoms with Gasteiger partial charge in [0.25, 0.3) is 0 Å². The number of likely N-dealkylation sites (tertiary alicyclic amines) is 1. The predicted molar refractivity (Wildman–Crippen MR) is 142 cm³/mol. The molecule has 1 aromatic heterocycles. The summed E-state index contributed by atoms with van der Waals surface area (Å²) in [6.45, 7) is 6.61. The van der Waals surface area contributed by atoms with Crippen molar-refractivity contribution >= 4 is 21.9 Å². The highest BCUT2D eigenvalue weighted by Crippen LogP contribution is 2.33. The number of halogens is 1. The number of nitrogens with one attached hydrogen (secondary N) is 1. The number of aryl methyl sites for hydroxylation is 2. The van der Waals surface area contributed by atoms with Crippen molar-refractivity contribution in [1.29, 1.82) is 5.26 Å². The van der Waals surface area contributed by atoms with Crippen molar-refractivity contribution in [2.75, 3.05) is 32.6 Å². The number of nitriles is 1. The normalized spacial score (nSPS) is 14.2. The third kappa shape index (κ3) is 6.25. The average Bonchev–Trinajstić information content (AvgIpc) is 2.88. The minimum absolute atomic E-state index is 0.272. The van der Waals surface area contributed by atoms with Gasteiger partial charge in [-0.2, -0.15) is 10.2 Å². The Hall–Kier alpha value is -3.35. The van der Waals surface area contributed by atoms with Crippen LogP contribution in [0.15, 0.2) is 41.0 Å². The lowest BCUT2D eigenvalue weighted by Crippen LogP contribution is -2.39. The van der Waals surface area contributed by atoms with Crippen LogP contribution < -0.4 is 19.5 Å². The molecular weight excluding hydrogens is 522 g/mol. The number of hydrogen-bond donors (Lipinski definition) is 1. The molecule has 1 fully saturated rings. The lowest BCUT2D eigenvalue weighted by Gasteiger charge is -2.32. The van der Waals surface area contributed by atoms with E-state index in [2.05, 4.69) is 54.3 Å². The lowest BCUT2D eigenvalue weighted by atomic mass is 10.0. The fraction of sp³-hybridized carbons (Fsp3) is 0.370. The molecule has 9 heteroatoms. The SMILES string of the molecule is COc1cc(CN2CCC(Nc3ncc(Br)c(Oc4c(C)cc(C#N)cc4C)n3)CC2)cc(OC)c1. The summed E-state index contributed by atoms with van der Waals surface area (Å²) in [5.41, 5.74) is 3.54. The number of nitrogens with zero attached hydrogens (tertiary/aromatic N) is 4. The zero-order valence-corrected chi connectivity index (χ0v) is 22.6. The van der Waals surface area contributed by atoms with Gasteiger partial charge >= 0.3 is 0 Å². The van der Waals surface area contributed by atoms with Crippen LogP contribution >= 0.6 is 15.9 Å². The first-order chi connectivity index (χ1) is 17.4. The molecule has 1 saturated heterocycles. The van der Waals surface area contributed by atoms with Crippen LogP contribution in [-0.2, 0) is 6.54 Å². The standard InChI is InChI=1S/C27H30BrN5O3/c1-17-9-19(14-29)10-18(2)25(17)36-26-24(28)15-30-27(32-26)31-21-5-7-33(8-6-21)16-20-11-22(34-3)13-23(12-20)35-4/h9-13,15,21H,5-8,16H2,1-4H3,(H,30,31,32). The number of piperidine rings is 1. The molecule has 0 aliphatic carbocycles. The third-order valence-corrected chi connectivity index (χ3v) is 6.78. The smallest absolute Gasteiger partial charge is 0.238 e. The first-order valence-corrected chi connectivity index (χ1v) is 12.6. The van der Waals surface area contributed by atoms with E-state index in [0.717, 1.165) is 55.1 Å².